The van der Waals surface area contributed by atoms with Crippen molar-refractivity contribution >= 4 is 0 Å². The van der Waals surface area contributed by atoms with E-state index in [0.29, 0.717) is 0 Å². The first kappa shape index (κ1) is 16.2. The minimum absolute atomic E-state index is 0.0558. The Hall–Kier alpha value is -0.860. The average molecular weight is 268 g/mol. The van der Waals surface area contributed by atoms with Crippen LogP contribution in [-0.2, 0) is 5.41 Å². The maximum absolute atomic E-state index is 13.1. The molecule has 3 heteroatoms. The molecule has 0 amide bonds. The molecule has 19 heavy (non-hydrogen) atoms. The van der Waals surface area contributed by atoms with Gasteiger partial charge in [0.05, 0.1) is 0 Å². The minimum atomic E-state index is -0.384. The lowest BCUT2D eigenvalue weighted by Gasteiger charge is -2.28. The molecule has 0 aliphatic heterocycles. The molecular weight excluding hydrogens is 239 g/mol. The fraction of sp³-hybridized carbons (Fsp3) is 0.812. The van der Waals surface area contributed by atoms with Gasteiger partial charge >= 0.3 is 0 Å². The van der Waals surface area contributed by atoms with Crippen LogP contribution in [0, 0.1) is 5.95 Å². The molecule has 0 aliphatic carbocycles. The van der Waals surface area contributed by atoms with Crippen molar-refractivity contribution in [3.8, 4) is 0 Å². The summed E-state index contributed by atoms with van der Waals surface area (Å²) in [6.07, 6.45) is 11.0. The Balaban J connectivity index is 2.60. The van der Waals surface area contributed by atoms with Crippen molar-refractivity contribution in [3.05, 3.63) is 17.7 Å². The van der Waals surface area contributed by atoms with Gasteiger partial charge in [0.15, 0.2) is 0 Å². The largest absolute Gasteiger partial charge is 0.279 e. The summed E-state index contributed by atoms with van der Waals surface area (Å²) in [6.45, 7) is 6.70. The van der Waals surface area contributed by atoms with Crippen molar-refractivity contribution < 1.29 is 4.39 Å². The number of aromatic amines is 1. The highest BCUT2D eigenvalue weighted by atomic mass is 19.1. The quantitative estimate of drug-likeness (QED) is 0.569. The van der Waals surface area contributed by atoms with Crippen molar-refractivity contribution in [1.82, 2.24) is 10.2 Å². The van der Waals surface area contributed by atoms with Crippen LogP contribution in [0.3, 0.4) is 0 Å². The number of aromatic nitrogens is 2. The number of H-pyrrole nitrogens is 1. The molecule has 1 aromatic rings. The number of nitrogens with one attached hydrogen (secondary N) is 1. The Bertz CT molecular complexity index is 348. The first-order chi connectivity index (χ1) is 9.12. The molecule has 0 fully saturated rings. The minimum Gasteiger partial charge on any atom is -0.279 e. The van der Waals surface area contributed by atoms with Crippen LogP contribution in [0.2, 0.25) is 0 Å². The number of hydrogen-bond donors (Lipinski definition) is 1. The molecule has 0 saturated heterocycles. The van der Waals surface area contributed by atoms with Gasteiger partial charge < -0.3 is 0 Å². The van der Waals surface area contributed by atoms with E-state index < -0.39 is 0 Å². The molecule has 0 aliphatic rings. The maximum Gasteiger partial charge on any atom is 0.232 e. The lowest BCUT2D eigenvalue weighted by atomic mass is 9.77. The Morgan fingerprint density at radius 1 is 1.05 bits per heavy atom. The molecule has 0 saturated carbocycles. The third kappa shape index (κ3) is 5.33. The molecule has 1 unspecified atom stereocenters. The van der Waals surface area contributed by atoms with Gasteiger partial charge in [-0.1, -0.05) is 65.7 Å². The van der Waals surface area contributed by atoms with Crippen molar-refractivity contribution in [2.45, 2.75) is 84.0 Å². The number of halogens is 1. The van der Waals surface area contributed by atoms with Gasteiger partial charge in [0.2, 0.25) is 5.95 Å². The van der Waals surface area contributed by atoms with Crippen LogP contribution < -0.4 is 0 Å². The van der Waals surface area contributed by atoms with Gasteiger partial charge in [-0.25, -0.2) is 0 Å². The van der Waals surface area contributed by atoms with Gasteiger partial charge in [0.25, 0.3) is 0 Å². The number of unbranched alkanes of at least 4 members (excludes halogenated alkanes) is 5. The Morgan fingerprint density at radius 2 is 1.63 bits per heavy atom. The highest BCUT2D eigenvalue weighted by Crippen LogP contribution is 2.34. The highest BCUT2D eigenvalue weighted by Gasteiger charge is 2.27. The molecule has 1 rings (SSSR count). The average Bonchev–Trinajstić information content (AvgIpc) is 2.82. The van der Waals surface area contributed by atoms with Crippen LogP contribution >= 0.6 is 0 Å². The van der Waals surface area contributed by atoms with E-state index in [4.69, 9.17) is 0 Å². The smallest absolute Gasteiger partial charge is 0.232 e. The molecule has 2 nitrogen and oxygen atoms in total. The third-order valence-electron chi connectivity index (χ3n) is 4.11. The zero-order chi connectivity index (χ0) is 14.1. The molecule has 0 radical (unpaired) electrons. The van der Waals surface area contributed by atoms with E-state index in [2.05, 4.69) is 31.0 Å². The summed E-state index contributed by atoms with van der Waals surface area (Å²) in [7, 11) is 0. The molecule has 0 bridgehead atoms. The lowest BCUT2D eigenvalue weighted by Crippen LogP contribution is -2.22. The fourth-order valence-electron chi connectivity index (χ4n) is 2.71. The lowest BCUT2D eigenvalue weighted by molar-refractivity contribution is 0.356. The summed E-state index contributed by atoms with van der Waals surface area (Å²) in [6, 6.07) is 1.58. The van der Waals surface area contributed by atoms with Crippen LogP contribution in [0.1, 0.15) is 84.3 Å². The third-order valence-corrected chi connectivity index (χ3v) is 4.11. The number of hydrogen-bond acceptors (Lipinski definition) is 1. The molecule has 1 aromatic heterocycles. The van der Waals surface area contributed by atoms with Crippen LogP contribution in [0.5, 0.6) is 0 Å². The summed E-state index contributed by atoms with van der Waals surface area (Å²) in [5, 5.41) is 6.55. The predicted octanol–water partition coefficient (Wildman–Crippen LogP) is 5.36. The van der Waals surface area contributed by atoms with Crippen molar-refractivity contribution in [3.63, 3.8) is 0 Å². The first-order valence-electron chi connectivity index (χ1n) is 7.83. The van der Waals surface area contributed by atoms with E-state index in [1.54, 1.807) is 6.07 Å². The van der Waals surface area contributed by atoms with Gasteiger partial charge in [0, 0.05) is 17.2 Å². The standard InChI is InChI=1S/C16H29FN2/c1-4-6-8-10-12-16(3,11-9-7-5-2)14-13-15(17)19-18-14/h13H,4-12H2,1-3H3,(H,18,19). The van der Waals surface area contributed by atoms with E-state index in [1.807, 2.05) is 0 Å². The second-order valence-electron chi connectivity index (χ2n) is 5.93. The topological polar surface area (TPSA) is 28.7 Å². The van der Waals surface area contributed by atoms with Crippen molar-refractivity contribution in [2.24, 2.45) is 0 Å². The van der Waals surface area contributed by atoms with Gasteiger partial charge in [-0.15, -0.1) is 5.10 Å². The molecule has 1 atom stereocenters. The SMILES string of the molecule is CCCCCCC(C)(CCCCC)c1cc(F)n[nH]1. The first-order valence-corrected chi connectivity index (χ1v) is 7.83. The zero-order valence-corrected chi connectivity index (χ0v) is 12.8. The molecule has 0 aromatic carbocycles. The zero-order valence-electron chi connectivity index (χ0n) is 12.8. The van der Waals surface area contributed by atoms with Gasteiger partial charge in [-0.2, -0.15) is 4.39 Å². The molecule has 0 spiro atoms. The van der Waals surface area contributed by atoms with Crippen LogP contribution in [0.4, 0.5) is 4.39 Å². The summed E-state index contributed by atoms with van der Waals surface area (Å²) in [4.78, 5) is 0. The van der Waals surface area contributed by atoms with E-state index >= 15 is 0 Å². The molecule has 1 N–H and O–H groups in total. The molecule has 1 heterocycles. The normalized spacial score (nSPS) is 14.5. The van der Waals surface area contributed by atoms with Crippen LogP contribution in [-0.4, -0.2) is 10.2 Å². The van der Waals surface area contributed by atoms with Gasteiger partial charge in [0.1, 0.15) is 0 Å². The van der Waals surface area contributed by atoms with Crippen LogP contribution in [0.15, 0.2) is 6.07 Å². The maximum atomic E-state index is 13.1. The number of nitrogens with zero attached hydrogens (tertiary/aromatic N) is 1. The van der Waals surface area contributed by atoms with Gasteiger partial charge in [-0.05, 0) is 12.8 Å². The van der Waals surface area contributed by atoms with E-state index in [9.17, 15) is 4.39 Å². The van der Waals surface area contributed by atoms with Crippen molar-refractivity contribution in [2.75, 3.05) is 0 Å². The van der Waals surface area contributed by atoms with Crippen LogP contribution in [0.25, 0.3) is 0 Å². The summed E-state index contributed by atoms with van der Waals surface area (Å²) < 4.78 is 13.1. The second-order valence-corrected chi connectivity index (χ2v) is 5.93. The van der Waals surface area contributed by atoms with Gasteiger partial charge in [-0.3, -0.25) is 5.10 Å². The highest BCUT2D eigenvalue weighted by molar-refractivity contribution is 5.14. The van der Waals surface area contributed by atoms with E-state index in [0.717, 1.165) is 18.5 Å². The monoisotopic (exact) mass is 268 g/mol. The predicted molar refractivity (Wildman–Crippen MR) is 78.8 cm³/mol. The van der Waals surface area contributed by atoms with E-state index in [1.165, 1.54) is 44.9 Å². The van der Waals surface area contributed by atoms with E-state index in [-0.39, 0.29) is 11.4 Å². The summed E-state index contributed by atoms with van der Waals surface area (Å²) in [5.41, 5.74) is 1.03. The second kappa shape index (κ2) is 8.34. The fourth-order valence-corrected chi connectivity index (χ4v) is 2.71. The Labute approximate surface area is 117 Å². The summed E-state index contributed by atoms with van der Waals surface area (Å²) >= 11 is 0. The number of rotatable bonds is 10. The Morgan fingerprint density at radius 3 is 2.16 bits per heavy atom. The van der Waals surface area contributed by atoms with Crippen molar-refractivity contribution in [1.29, 1.82) is 0 Å². The molecular formula is C16H29FN2. The summed E-state index contributed by atoms with van der Waals surface area (Å²) in [5.74, 6) is -0.384. The molecule has 110 valence electrons. The Kier molecular flexibility index (Phi) is 7.11.